The van der Waals surface area contributed by atoms with Gasteiger partial charge in [0.05, 0.1) is 18.4 Å². The van der Waals surface area contributed by atoms with Crippen LogP contribution in [0.2, 0.25) is 0 Å². The number of ether oxygens (including phenoxy) is 1. The first kappa shape index (κ1) is 15.0. The molecule has 2 aromatic rings. The van der Waals surface area contributed by atoms with Crippen LogP contribution >= 0.6 is 27.3 Å². The highest BCUT2D eigenvalue weighted by molar-refractivity contribution is 9.10. The minimum Gasteiger partial charge on any atom is -0.465 e. The van der Waals surface area contributed by atoms with E-state index in [0.29, 0.717) is 4.47 Å². The van der Waals surface area contributed by atoms with Crippen molar-refractivity contribution in [3.8, 4) is 0 Å². The number of hydrogen-bond acceptors (Lipinski definition) is 5. The normalized spacial score (nSPS) is 11.1. The standard InChI is InChI=1S/C12H10BrNO4S2/c1-18-12(15)9-7-8(13)4-5-10(9)14-20(16,17)11-3-2-6-19-11/h2-7,14H,1H3. The molecule has 0 fully saturated rings. The van der Waals surface area contributed by atoms with Crippen LogP contribution in [0.5, 0.6) is 0 Å². The molecule has 20 heavy (non-hydrogen) atoms. The predicted octanol–water partition coefficient (Wildman–Crippen LogP) is 3.10. The Morgan fingerprint density at radius 2 is 2.10 bits per heavy atom. The van der Waals surface area contributed by atoms with Gasteiger partial charge in [-0.2, -0.15) is 0 Å². The van der Waals surface area contributed by atoms with E-state index >= 15 is 0 Å². The Morgan fingerprint density at radius 3 is 2.70 bits per heavy atom. The van der Waals surface area contributed by atoms with Gasteiger partial charge in [-0.05, 0) is 29.6 Å². The van der Waals surface area contributed by atoms with Gasteiger partial charge in [-0.3, -0.25) is 4.72 Å². The molecular weight excluding hydrogens is 366 g/mol. The summed E-state index contributed by atoms with van der Waals surface area (Å²) < 4.78 is 32.2. The van der Waals surface area contributed by atoms with Crippen LogP contribution in [0.4, 0.5) is 5.69 Å². The lowest BCUT2D eigenvalue weighted by Crippen LogP contribution is -2.15. The molecule has 0 saturated carbocycles. The molecular formula is C12H10BrNO4S2. The molecule has 0 unspecified atom stereocenters. The first-order chi connectivity index (χ1) is 9.44. The summed E-state index contributed by atoms with van der Waals surface area (Å²) in [6.45, 7) is 0. The average molecular weight is 376 g/mol. The highest BCUT2D eigenvalue weighted by Gasteiger charge is 2.20. The lowest BCUT2D eigenvalue weighted by atomic mass is 10.2. The fraction of sp³-hybridized carbons (Fsp3) is 0.0833. The molecule has 0 atom stereocenters. The van der Waals surface area contributed by atoms with Crippen molar-refractivity contribution in [3.05, 3.63) is 45.7 Å². The fourth-order valence-corrected chi connectivity index (χ4v) is 3.93. The second-order valence-electron chi connectivity index (χ2n) is 3.72. The van der Waals surface area contributed by atoms with Gasteiger partial charge in [-0.25, -0.2) is 13.2 Å². The summed E-state index contributed by atoms with van der Waals surface area (Å²) in [5.41, 5.74) is 0.315. The molecule has 0 radical (unpaired) electrons. The smallest absolute Gasteiger partial charge is 0.340 e. The maximum atomic E-state index is 12.1. The number of rotatable bonds is 4. The Morgan fingerprint density at radius 1 is 1.35 bits per heavy atom. The third-order valence-electron chi connectivity index (χ3n) is 2.39. The van der Waals surface area contributed by atoms with Crippen LogP contribution in [0.15, 0.2) is 44.4 Å². The van der Waals surface area contributed by atoms with E-state index in [0.717, 1.165) is 11.3 Å². The van der Waals surface area contributed by atoms with E-state index < -0.39 is 16.0 Å². The number of carbonyl (C=O) groups is 1. The SMILES string of the molecule is COC(=O)c1cc(Br)ccc1NS(=O)(=O)c1cccs1. The van der Waals surface area contributed by atoms with Crippen LogP contribution in [0, 0.1) is 0 Å². The first-order valence-corrected chi connectivity index (χ1v) is 8.54. The molecule has 2 rings (SSSR count). The molecule has 0 saturated heterocycles. The van der Waals surface area contributed by atoms with Gasteiger partial charge in [0.2, 0.25) is 0 Å². The zero-order valence-electron chi connectivity index (χ0n) is 10.3. The number of anilines is 1. The van der Waals surface area contributed by atoms with Gasteiger partial charge in [-0.15, -0.1) is 11.3 Å². The molecule has 0 aliphatic rings. The number of halogens is 1. The molecule has 0 spiro atoms. The Labute approximate surface area is 128 Å². The number of benzene rings is 1. The van der Waals surface area contributed by atoms with Crippen LogP contribution < -0.4 is 4.72 Å². The lowest BCUT2D eigenvalue weighted by molar-refractivity contribution is 0.0602. The number of thiophene rings is 1. The molecule has 1 N–H and O–H groups in total. The average Bonchev–Trinajstić information content (AvgIpc) is 2.94. The summed E-state index contributed by atoms with van der Waals surface area (Å²) in [4.78, 5) is 11.7. The number of hydrogen-bond donors (Lipinski definition) is 1. The van der Waals surface area contributed by atoms with Crippen LogP contribution in [-0.2, 0) is 14.8 Å². The van der Waals surface area contributed by atoms with E-state index in [-0.39, 0.29) is 15.5 Å². The van der Waals surface area contributed by atoms with Crippen LogP contribution in [0.1, 0.15) is 10.4 Å². The molecule has 0 aliphatic carbocycles. The minimum absolute atomic E-state index is 0.141. The quantitative estimate of drug-likeness (QED) is 0.833. The van der Waals surface area contributed by atoms with Gasteiger partial charge in [0, 0.05) is 4.47 Å². The van der Waals surface area contributed by atoms with E-state index in [1.54, 1.807) is 17.5 Å². The van der Waals surface area contributed by atoms with Crippen molar-refractivity contribution in [2.75, 3.05) is 11.8 Å². The van der Waals surface area contributed by atoms with Crippen molar-refractivity contribution in [3.63, 3.8) is 0 Å². The number of sulfonamides is 1. The van der Waals surface area contributed by atoms with E-state index in [2.05, 4.69) is 25.4 Å². The maximum Gasteiger partial charge on any atom is 0.340 e. The lowest BCUT2D eigenvalue weighted by Gasteiger charge is -2.10. The van der Waals surface area contributed by atoms with Crippen LogP contribution in [-0.4, -0.2) is 21.5 Å². The van der Waals surface area contributed by atoms with Gasteiger partial charge in [0.1, 0.15) is 4.21 Å². The fourth-order valence-electron chi connectivity index (χ4n) is 1.50. The van der Waals surface area contributed by atoms with Gasteiger partial charge < -0.3 is 4.74 Å². The Balaban J connectivity index is 2.42. The molecule has 1 aromatic heterocycles. The van der Waals surface area contributed by atoms with Crippen LogP contribution in [0.25, 0.3) is 0 Å². The van der Waals surface area contributed by atoms with Crippen LogP contribution in [0.3, 0.4) is 0 Å². The van der Waals surface area contributed by atoms with Gasteiger partial charge in [0.15, 0.2) is 0 Å². The number of carbonyl (C=O) groups excluding carboxylic acids is 1. The Hall–Kier alpha value is -1.38. The third kappa shape index (κ3) is 3.20. The Bertz CT molecular complexity index is 726. The summed E-state index contributed by atoms with van der Waals surface area (Å²) in [7, 11) is -2.46. The summed E-state index contributed by atoms with van der Waals surface area (Å²) in [6.07, 6.45) is 0. The first-order valence-electron chi connectivity index (χ1n) is 5.38. The summed E-state index contributed by atoms with van der Waals surface area (Å²) >= 11 is 4.33. The molecule has 1 heterocycles. The van der Waals surface area contributed by atoms with E-state index in [1.165, 1.54) is 25.3 Å². The zero-order chi connectivity index (χ0) is 14.8. The number of methoxy groups -OCH3 is 1. The van der Waals surface area contributed by atoms with Crippen molar-refractivity contribution < 1.29 is 17.9 Å². The third-order valence-corrected chi connectivity index (χ3v) is 5.65. The zero-order valence-corrected chi connectivity index (χ0v) is 13.5. The largest absolute Gasteiger partial charge is 0.465 e. The van der Waals surface area contributed by atoms with E-state index in [1.807, 2.05) is 0 Å². The van der Waals surface area contributed by atoms with Gasteiger partial charge in [-0.1, -0.05) is 22.0 Å². The highest BCUT2D eigenvalue weighted by Crippen LogP contribution is 2.26. The van der Waals surface area contributed by atoms with E-state index in [4.69, 9.17) is 0 Å². The monoisotopic (exact) mass is 375 g/mol. The van der Waals surface area contributed by atoms with Crippen molar-refractivity contribution >= 4 is 48.9 Å². The second-order valence-corrected chi connectivity index (χ2v) is 7.49. The maximum absolute atomic E-state index is 12.1. The topological polar surface area (TPSA) is 72.5 Å². The molecule has 8 heteroatoms. The molecule has 5 nitrogen and oxygen atoms in total. The van der Waals surface area contributed by atoms with Gasteiger partial charge >= 0.3 is 5.97 Å². The van der Waals surface area contributed by atoms with E-state index in [9.17, 15) is 13.2 Å². The Kier molecular flexibility index (Phi) is 4.46. The second kappa shape index (κ2) is 5.94. The van der Waals surface area contributed by atoms with Crippen molar-refractivity contribution in [2.45, 2.75) is 4.21 Å². The summed E-state index contributed by atoms with van der Waals surface area (Å²) in [5, 5.41) is 1.66. The highest BCUT2D eigenvalue weighted by atomic mass is 79.9. The number of esters is 1. The molecule has 0 amide bonds. The molecule has 1 aromatic carbocycles. The predicted molar refractivity (Wildman–Crippen MR) is 80.6 cm³/mol. The molecule has 0 bridgehead atoms. The molecule has 106 valence electrons. The van der Waals surface area contributed by atoms with Crippen molar-refractivity contribution in [1.29, 1.82) is 0 Å². The number of nitrogens with one attached hydrogen (secondary N) is 1. The molecule has 0 aliphatic heterocycles. The summed E-state index contributed by atoms with van der Waals surface area (Å²) in [5.74, 6) is -0.616. The summed E-state index contributed by atoms with van der Waals surface area (Å²) in [6, 6.07) is 7.77. The van der Waals surface area contributed by atoms with Crippen molar-refractivity contribution in [2.24, 2.45) is 0 Å². The van der Waals surface area contributed by atoms with Gasteiger partial charge in [0.25, 0.3) is 10.0 Å². The van der Waals surface area contributed by atoms with Crippen molar-refractivity contribution in [1.82, 2.24) is 0 Å². The minimum atomic E-state index is -3.70.